The Balaban J connectivity index is 2.27. The fourth-order valence-electron chi connectivity index (χ4n) is 2.45. The van der Waals surface area contributed by atoms with E-state index in [1.54, 1.807) is 26.4 Å². The van der Waals surface area contributed by atoms with Gasteiger partial charge in [0.05, 0.1) is 25.1 Å². The van der Waals surface area contributed by atoms with E-state index >= 15 is 0 Å². The lowest BCUT2D eigenvalue weighted by atomic mass is 10.1. The summed E-state index contributed by atoms with van der Waals surface area (Å²) in [7, 11) is 3.20. The standard InChI is InChI=1S/C17H16N2O3/c1-10-14(22-3)8-7-13-15(10)18-16(19-17(13)20)11-5-4-6-12(9-11)21-2/h4-9H,1-3H3,(H,18,19,20). The minimum Gasteiger partial charge on any atom is -0.497 e. The molecule has 0 saturated carbocycles. The number of H-pyrrole nitrogens is 1. The van der Waals surface area contributed by atoms with Crippen LogP contribution in [0.25, 0.3) is 22.3 Å². The van der Waals surface area contributed by atoms with Gasteiger partial charge in [0, 0.05) is 11.1 Å². The molecule has 112 valence electrons. The van der Waals surface area contributed by atoms with Gasteiger partial charge in [-0.3, -0.25) is 4.79 Å². The van der Waals surface area contributed by atoms with Crippen molar-refractivity contribution >= 4 is 10.9 Å². The molecular formula is C17H16N2O3. The minimum atomic E-state index is -0.173. The van der Waals surface area contributed by atoms with E-state index in [9.17, 15) is 4.79 Å². The normalized spacial score (nSPS) is 10.7. The summed E-state index contributed by atoms with van der Waals surface area (Å²) in [4.78, 5) is 19.7. The zero-order chi connectivity index (χ0) is 15.7. The van der Waals surface area contributed by atoms with Gasteiger partial charge in [0.1, 0.15) is 17.3 Å². The van der Waals surface area contributed by atoms with E-state index in [-0.39, 0.29) is 5.56 Å². The molecule has 5 heteroatoms. The fraction of sp³-hybridized carbons (Fsp3) is 0.176. The van der Waals surface area contributed by atoms with E-state index in [1.807, 2.05) is 31.2 Å². The van der Waals surface area contributed by atoms with Crippen LogP contribution in [0.5, 0.6) is 11.5 Å². The number of aromatic nitrogens is 2. The molecule has 0 atom stereocenters. The lowest BCUT2D eigenvalue weighted by molar-refractivity contribution is 0.412. The molecule has 0 aliphatic carbocycles. The van der Waals surface area contributed by atoms with Gasteiger partial charge in [0.2, 0.25) is 0 Å². The van der Waals surface area contributed by atoms with Gasteiger partial charge in [-0.25, -0.2) is 4.98 Å². The lowest BCUT2D eigenvalue weighted by Gasteiger charge is -2.09. The molecule has 22 heavy (non-hydrogen) atoms. The molecule has 5 nitrogen and oxygen atoms in total. The number of nitrogens with zero attached hydrogens (tertiary/aromatic N) is 1. The molecule has 3 rings (SSSR count). The van der Waals surface area contributed by atoms with E-state index in [1.165, 1.54) is 0 Å². The van der Waals surface area contributed by atoms with Crippen molar-refractivity contribution in [2.75, 3.05) is 14.2 Å². The van der Waals surface area contributed by atoms with Crippen molar-refractivity contribution in [1.82, 2.24) is 9.97 Å². The summed E-state index contributed by atoms with van der Waals surface area (Å²) in [6, 6.07) is 10.9. The summed E-state index contributed by atoms with van der Waals surface area (Å²) < 4.78 is 10.5. The highest BCUT2D eigenvalue weighted by atomic mass is 16.5. The second kappa shape index (κ2) is 5.52. The van der Waals surface area contributed by atoms with Crippen LogP contribution in [0, 0.1) is 6.92 Å². The molecule has 0 aliphatic heterocycles. The molecule has 1 aromatic heterocycles. The summed E-state index contributed by atoms with van der Waals surface area (Å²) in [6.07, 6.45) is 0. The zero-order valence-electron chi connectivity index (χ0n) is 12.6. The molecule has 1 heterocycles. The summed E-state index contributed by atoms with van der Waals surface area (Å²) in [6.45, 7) is 1.89. The predicted octanol–water partition coefficient (Wildman–Crippen LogP) is 2.92. The van der Waals surface area contributed by atoms with Crippen LogP contribution in [0.4, 0.5) is 0 Å². The summed E-state index contributed by atoms with van der Waals surface area (Å²) in [5.74, 6) is 1.93. The maximum absolute atomic E-state index is 12.3. The number of methoxy groups -OCH3 is 2. The average Bonchev–Trinajstić information content (AvgIpc) is 2.55. The number of fused-ring (bicyclic) bond motifs is 1. The molecule has 0 amide bonds. The third-order valence-corrected chi connectivity index (χ3v) is 3.64. The number of hydrogen-bond donors (Lipinski definition) is 1. The molecular weight excluding hydrogens is 280 g/mol. The Morgan fingerprint density at radius 2 is 1.91 bits per heavy atom. The molecule has 3 aromatic rings. The van der Waals surface area contributed by atoms with Crippen molar-refractivity contribution in [1.29, 1.82) is 0 Å². The molecule has 2 aromatic carbocycles. The van der Waals surface area contributed by atoms with Gasteiger partial charge in [-0.15, -0.1) is 0 Å². The van der Waals surface area contributed by atoms with Crippen LogP contribution in [-0.4, -0.2) is 24.2 Å². The van der Waals surface area contributed by atoms with E-state index < -0.39 is 0 Å². The van der Waals surface area contributed by atoms with Gasteiger partial charge in [-0.1, -0.05) is 12.1 Å². The van der Waals surface area contributed by atoms with Gasteiger partial charge in [-0.2, -0.15) is 0 Å². The second-order valence-electron chi connectivity index (χ2n) is 4.94. The Morgan fingerprint density at radius 3 is 2.64 bits per heavy atom. The number of aromatic amines is 1. The van der Waals surface area contributed by atoms with Crippen molar-refractivity contribution in [3.05, 3.63) is 52.3 Å². The first-order chi connectivity index (χ1) is 10.6. The number of aryl methyl sites for hydroxylation is 1. The van der Waals surface area contributed by atoms with Crippen LogP contribution in [-0.2, 0) is 0 Å². The minimum absolute atomic E-state index is 0.173. The number of hydrogen-bond acceptors (Lipinski definition) is 4. The maximum Gasteiger partial charge on any atom is 0.259 e. The predicted molar refractivity (Wildman–Crippen MR) is 85.6 cm³/mol. The lowest BCUT2D eigenvalue weighted by Crippen LogP contribution is -2.10. The second-order valence-corrected chi connectivity index (χ2v) is 4.94. The topological polar surface area (TPSA) is 64.2 Å². The van der Waals surface area contributed by atoms with Gasteiger partial charge in [-0.05, 0) is 31.2 Å². The van der Waals surface area contributed by atoms with Crippen LogP contribution in [0.15, 0.2) is 41.2 Å². The van der Waals surface area contributed by atoms with Crippen molar-refractivity contribution < 1.29 is 9.47 Å². The van der Waals surface area contributed by atoms with E-state index in [0.29, 0.717) is 28.2 Å². The molecule has 0 bridgehead atoms. The van der Waals surface area contributed by atoms with Gasteiger partial charge < -0.3 is 14.5 Å². The van der Waals surface area contributed by atoms with Gasteiger partial charge >= 0.3 is 0 Å². The summed E-state index contributed by atoms with van der Waals surface area (Å²) >= 11 is 0. The summed E-state index contributed by atoms with van der Waals surface area (Å²) in [5.41, 5.74) is 2.10. The average molecular weight is 296 g/mol. The van der Waals surface area contributed by atoms with Crippen LogP contribution in [0.1, 0.15) is 5.56 Å². The molecule has 1 N–H and O–H groups in total. The number of benzene rings is 2. The molecule has 0 radical (unpaired) electrons. The van der Waals surface area contributed by atoms with Gasteiger partial charge in [0.15, 0.2) is 0 Å². The molecule has 0 spiro atoms. The zero-order valence-corrected chi connectivity index (χ0v) is 12.6. The van der Waals surface area contributed by atoms with E-state index in [4.69, 9.17) is 9.47 Å². The van der Waals surface area contributed by atoms with Crippen molar-refractivity contribution in [2.45, 2.75) is 6.92 Å². The first kappa shape index (κ1) is 14.1. The first-order valence-corrected chi connectivity index (χ1v) is 6.86. The van der Waals surface area contributed by atoms with Crippen molar-refractivity contribution in [2.24, 2.45) is 0 Å². The third-order valence-electron chi connectivity index (χ3n) is 3.64. The van der Waals surface area contributed by atoms with Crippen molar-refractivity contribution in [3.8, 4) is 22.9 Å². The first-order valence-electron chi connectivity index (χ1n) is 6.86. The van der Waals surface area contributed by atoms with Crippen LogP contribution >= 0.6 is 0 Å². The number of nitrogens with one attached hydrogen (secondary N) is 1. The Kier molecular flexibility index (Phi) is 3.55. The highest BCUT2D eigenvalue weighted by Crippen LogP contribution is 2.26. The van der Waals surface area contributed by atoms with Crippen molar-refractivity contribution in [3.63, 3.8) is 0 Å². The molecule has 0 saturated heterocycles. The molecule has 0 aliphatic rings. The van der Waals surface area contributed by atoms with Crippen LogP contribution in [0.2, 0.25) is 0 Å². The largest absolute Gasteiger partial charge is 0.497 e. The fourth-order valence-corrected chi connectivity index (χ4v) is 2.45. The Bertz CT molecular complexity index is 900. The number of rotatable bonds is 3. The SMILES string of the molecule is COc1cccc(-c2nc3c(C)c(OC)ccc3c(=O)[nH]2)c1. The Labute approximate surface area is 127 Å². The third kappa shape index (κ3) is 2.30. The Hall–Kier alpha value is -2.82. The quantitative estimate of drug-likeness (QED) is 0.807. The smallest absolute Gasteiger partial charge is 0.259 e. The number of ether oxygens (including phenoxy) is 2. The van der Waals surface area contributed by atoms with E-state index in [0.717, 1.165) is 11.1 Å². The van der Waals surface area contributed by atoms with Crippen LogP contribution in [0.3, 0.4) is 0 Å². The summed E-state index contributed by atoms with van der Waals surface area (Å²) in [5, 5.41) is 0.546. The highest BCUT2D eigenvalue weighted by molar-refractivity contribution is 5.84. The molecule has 0 unspecified atom stereocenters. The van der Waals surface area contributed by atoms with E-state index in [2.05, 4.69) is 9.97 Å². The Morgan fingerprint density at radius 1 is 1.09 bits per heavy atom. The monoisotopic (exact) mass is 296 g/mol. The van der Waals surface area contributed by atoms with Crippen LogP contribution < -0.4 is 15.0 Å². The maximum atomic E-state index is 12.3. The highest BCUT2D eigenvalue weighted by Gasteiger charge is 2.11. The van der Waals surface area contributed by atoms with Gasteiger partial charge in [0.25, 0.3) is 5.56 Å². The molecule has 0 fully saturated rings.